The van der Waals surface area contributed by atoms with Gasteiger partial charge in [0.05, 0.1) is 29.4 Å². The Balaban J connectivity index is 1.70. The Labute approximate surface area is 146 Å². The summed E-state index contributed by atoms with van der Waals surface area (Å²) in [6.45, 7) is 1.97. The molecule has 0 heterocycles. The van der Waals surface area contributed by atoms with Crippen LogP contribution in [0.25, 0.3) is 0 Å². The van der Waals surface area contributed by atoms with Gasteiger partial charge in [0.25, 0.3) is 0 Å². The van der Waals surface area contributed by atoms with Gasteiger partial charge in [-0.05, 0) is 42.5 Å². The van der Waals surface area contributed by atoms with Crippen LogP contribution in [0, 0.1) is 6.92 Å². The fourth-order valence-electron chi connectivity index (χ4n) is 3.31. The van der Waals surface area contributed by atoms with E-state index in [0.717, 1.165) is 24.0 Å². The zero-order valence-corrected chi connectivity index (χ0v) is 14.4. The summed E-state index contributed by atoms with van der Waals surface area (Å²) in [5.41, 5.74) is 3.30. The second kappa shape index (κ2) is 6.93. The fourth-order valence-corrected chi connectivity index (χ4v) is 3.58. The molecular formula is C19H21ClN2O2. The molecule has 126 valence electrons. The largest absolute Gasteiger partial charge is 0.394 e. The fraction of sp³-hybridized carbons (Fsp3) is 0.316. The Morgan fingerprint density at radius 3 is 2.79 bits per heavy atom. The van der Waals surface area contributed by atoms with Crippen LogP contribution in [0.5, 0.6) is 0 Å². The lowest BCUT2D eigenvalue weighted by molar-refractivity contribution is -0.115. The lowest BCUT2D eigenvalue weighted by atomic mass is 9.92. The molecule has 0 aliphatic heterocycles. The van der Waals surface area contributed by atoms with Gasteiger partial charge < -0.3 is 10.4 Å². The monoisotopic (exact) mass is 344 g/mol. The number of nitrogens with one attached hydrogen (secondary N) is 2. The Morgan fingerprint density at radius 2 is 2.04 bits per heavy atom. The highest BCUT2D eigenvalue weighted by Gasteiger charge is 2.37. The molecule has 3 N–H and O–H groups in total. The summed E-state index contributed by atoms with van der Waals surface area (Å²) < 4.78 is 0. The van der Waals surface area contributed by atoms with Crippen molar-refractivity contribution in [3.63, 3.8) is 0 Å². The molecule has 2 aromatic rings. The molecule has 0 radical (unpaired) electrons. The summed E-state index contributed by atoms with van der Waals surface area (Å²) in [6.07, 6.45) is 1.68. The number of benzene rings is 2. The van der Waals surface area contributed by atoms with Crippen molar-refractivity contribution in [2.75, 3.05) is 18.5 Å². The van der Waals surface area contributed by atoms with E-state index in [1.807, 2.05) is 37.3 Å². The molecule has 1 aliphatic carbocycles. The van der Waals surface area contributed by atoms with Crippen LogP contribution in [0.2, 0.25) is 5.02 Å². The van der Waals surface area contributed by atoms with Gasteiger partial charge in [0.2, 0.25) is 5.91 Å². The summed E-state index contributed by atoms with van der Waals surface area (Å²) in [5.74, 6) is -0.177. The normalized spacial score (nSPS) is 19.1. The third-order valence-electron chi connectivity index (χ3n) is 4.70. The number of aliphatic hydroxyl groups is 1. The van der Waals surface area contributed by atoms with E-state index in [-0.39, 0.29) is 19.1 Å². The van der Waals surface area contributed by atoms with Gasteiger partial charge >= 0.3 is 0 Å². The summed E-state index contributed by atoms with van der Waals surface area (Å²) >= 11 is 6.15. The minimum Gasteiger partial charge on any atom is -0.394 e. The number of fused-ring (bicyclic) bond motifs is 1. The Kier molecular flexibility index (Phi) is 4.90. The van der Waals surface area contributed by atoms with E-state index in [0.29, 0.717) is 10.7 Å². The van der Waals surface area contributed by atoms with Crippen LogP contribution >= 0.6 is 11.6 Å². The lowest BCUT2D eigenvalue weighted by Gasteiger charge is -2.29. The van der Waals surface area contributed by atoms with Gasteiger partial charge in [-0.15, -0.1) is 0 Å². The van der Waals surface area contributed by atoms with Gasteiger partial charge in [-0.2, -0.15) is 0 Å². The number of hydrogen-bond acceptors (Lipinski definition) is 3. The summed E-state index contributed by atoms with van der Waals surface area (Å²) in [6, 6.07) is 13.5. The molecule has 0 aromatic heterocycles. The molecule has 1 unspecified atom stereocenters. The van der Waals surface area contributed by atoms with Crippen LogP contribution in [-0.2, 0) is 16.8 Å². The van der Waals surface area contributed by atoms with E-state index in [4.69, 9.17) is 11.6 Å². The van der Waals surface area contributed by atoms with E-state index in [1.165, 1.54) is 5.56 Å². The van der Waals surface area contributed by atoms with Crippen LogP contribution in [-0.4, -0.2) is 24.2 Å². The molecule has 1 atom stereocenters. The van der Waals surface area contributed by atoms with Gasteiger partial charge in [-0.25, -0.2) is 0 Å². The van der Waals surface area contributed by atoms with Gasteiger partial charge in [0.1, 0.15) is 0 Å². The van der Waals surface area contributed by atoms with Crippen molar-refractivity contribution in [2.45, 2.75) is 25.3 Å². The van der Waals surface area contributed by atoms with Gasteiger partial charge in [-0.1, -0.05) is 48.0 Å². The number of carbonyl (C=O) groups is 1. The molecule has 24 heavy (non-hydrogen) atoms. The Hall–Kier alpha value is -1.88. The number of anilines is 1. The number of aryl methyl sites for hydroxylation is 2. The second-order valence-electron chi connectivity index (χ2n) is 6.23. The van der Waals surface area contributed by atoms with Crippen LogP contribution in [0.1, 0.15) is 23.1 Å². The van der Waals surface area contributed by atoms with Crippen molar-refractivity contribution in [3.05, 3.63) is 64.2 Å². The van der Waals surface area contributed by atoms with Crippen molar-refractivity contribution in [1.82, 2.24) is 5.32 Å². The number of aliphatic hydroxyl groups excluding tert-OH is 1. The van der Waals surface area contributed by atoms with E-state index in [2.05, 4.69) is 16.7 Å². The maximum absolute atomic E-state index is 12.3. The van der Waals surface area contributed by atoms with Gasteiger partial charge in [-0.3, -0.25) is 10.1 Å². The van der Waals surface area contributed by atoms with Crippen molar-refractivity contribution >= 4 is 23.2 Å². The Morgan fingerprint density at radius 1 is 1.25 bits per heavy atom. The zero-order valence-electron chi connectivity index (χ0n) is 13.6. The van der Waals surface area contributed by atoms with Crippen molar-refractivity contribution < 1.29 is 9.90 Å². The van der Waals surface area contributed by atoms with E-state index >= 15 is 0 Å². The Bertz CT molecular complexity index is 743. The summed E-state index contributed by atoms with van der Waals surface area (Å²) in [4.78, 5) is 12.3. The zero-order chi connectivity index (χ0) is 17.2. The molecular weight excluding hydrogens is 324 g/mol. The smallest absolute Gasteiger partial charge is 0.238 e. The molecule has 3 rings (SSSR count). The SMILES string of the molecule is Cc1cccc(Cl)c1NC(=O)CNC1(CO)CCc2ccccc21. The van der Waals surface area contributed by atoms with Crippen molar-refractivity contribution in [3.8, 4) is 0 Å². The first kappa shape index (κ1) is 17.0. The third-order valence-corrected chi connectivity index (χ3v) is 5.01. The van der Waals surface area contributed by atoms with Crippen LogP contribution in [0.3, 0.4) is 0 Å². The average molecular weight is 345 g/mol. The maximum atomic E-state index is 12.3. The second-order valence-corrected chi connectivity index (χ2v) is 6.64. The highest BCUT2D eigenvalue weighted by Crippen LogP contribution is 2.36. The highest BCUT2D eigenvalue weighted by molar-refractivity contribution is 6.33. The predicted molar refractivity (Wildman–Crippen MR) is 96.3 cm³/mol. The lowest BCUT2D eigenvalue weighted by Crippen LogP contribution is -2.47. The maximum Gasteiger partial charge on any atom is 0.238 e. The molecule has 0 fully saturated rings. The first-order chi connectivity index (χ1) is 11.6. The standard InChI is InChI=1S/C19H21ClN2O2/c1-13-5-4-8-16(20)18(13)22-17(24)11-21-19(12-23)10-9-14-6-2-3-7-15(14)19/h2-8,21,23H,9-12H2,1H3,(H,22,24). The average Bonchev–Trinajstić information content (AvgIpc) is 2.96. The molecule has 1 amide bonds. The van der Waals surface area contributed by atoms with Crippen molar-refractivity contribution in [2.24, 2.45) is 0 Å². The number of halogens is 1. The van der Waals surface area contributed by atoms with E-state index < -0.39 is 5.54 Å². The van der Waals surface area contributed by atoms with Gasteiger partial charge in [0, 0.05) is 0 Å². The summed E-state index contributed by atoms with van der Waals surface area (Å²) in [5, 5.41) is 16.6. The molecule has 0 spiro atoms. The van der Waals surface area contributed by atoms with Gasteiger partial charge in [0.15, 0.2) is 0 Å². The van der Waals surface area contributed by atoms with E-state index in [1.54, 1.807) is 6.07 Å². The topological polar surface area (TPSA) is 61.4 Å². The van der Waals surface area contributed by atoms with Crippen molar-refractivity contribution in [1.29, 1.82) is 0 Å². The molecule has 0 saturated heterocycles. The molecule has 4 nitrogen and oxygen atoms in total. The molecule has 5 heteroatoms. The molecule has 2 aromatic carbocycles. The number of hydrogen-bond donors (Lipinski definition) is 3. The minimum absolute atomic E-state index is 0.0393. The first-order valence-corrected chi connectivity index (χ1v) is 8.43. The third kappa shape index (κ3) is 3.18. The predicted octanol–water partition coefficient (Wildman–Crippen LogP) is 3.01. The number of carbonyl (C=O) groups excluding carboxylic acids is 1. The van der Waals surface area contributed by atoms with Crippen LogP contribution < -0.4 is 10.6 Å². The number of para-hydroxylation sites is 1. The quantitative estimate of drug-likeness (QED) is 0.781. The minimum atomic E-state index is -0.552. The molecule has 0 saturated carbocycles. The first-order valence-electron chi connectivity index (χ1n) is 8.05. The summed E-state index contributed by atoms with van der Waals surface area (Å²) in [7, 11) is 0. The van der Waals surface area contributed by atoms with Crippen LogP contribution in [0.15, 0.2) is 42.5 Å². The van der Waals surface area contributed by atoms with E-state index in [9.17, 15) is 9.90 Å². The highest BCUT2D eigenvalue weighted by atomic mass is 35.5. The number of amides is 1. The molecule has 0 bridgehead atoms. The van der Waals surface area contributed by atoms with Crippen LogP contribution in [0.4, 0.5) is 5.69 Å². The molecule has 1 aliphatic rings. The number of rotatable bonds is 5.